The Balaban J connectivity index is 1.97. The highest BCUT2D eigenvalue weighted by molar-refractivity contribution is 6.15. The first-order valence-corrected chi connectivity index (χ1v) is 9.34. The standard InChI is InChI=1S/C21H23N5O4/c1-26-15-8-14(20(30)11-2-4-12(5-3-11)21(23)24)9-16(27)19(15)13(6-7-18(28)29)10-17(22)25-26/h2-5,8,10,13,25H,6-7,9,22H2,1H3,(H3,23,24)(H,28,29). The summed E-state index contributed by atoms with van der Waals surface area (Å²) in [5, 5.41) is 18.0. The molecule has 1 aromatic carbocycles. The number of carboxylic acids is 1. The second-order valence-corrected chi connectivity index (χ2v) is 7.22. The second kappa shape index (κ2) is 8.24. The third kappa shape index (κ3) is 4.24. The highest BCUT2D eigenvalue weighted by Gasteiger charge is 2.33. The summed E-state index contributed by atoms with van der Waals surface area (Å²) in [5.74, 6) is -1.77. The average Bonchev–Trinajstić information content (AvgIpc) is 2.81. The molecule has 1 heterocycles. The van der Waals surface area contributed by atoms with Gasteiger partial charge in [0.2, 0.25) is 0 Å². The Morgan fingerprint density at radius 3 is 2.50 bits per heavy atom. The fourth-order valence-electron chi connectivity index (χ4n) is 3.61. The highest BCUT2D eigenvalue weighted by atomic mass is 16.4. The molecular weight excluding hydrogens is 386 g/mol. The van der Waals surface area contributed by atoms with Crippen LogP contribution in [0.2, 0.25) is 0 Å². The van der Waals surface area contributed by atoms with Gasteiger partial charge in [-0.3, -0.25) is 30.2 Å². The molecule has 1 aliphatic heterocycles. The number of carboxylic acid groups (broad SMARTS) is 1. The molecule has 0 saturated heterocycles. The van der Waals surface area contributed by atoms with Crippen molar-refractivity contribution >= 4 is 23.4 Å². The number of rotatable bonds is 6. The van der Waals surface area contributed by atoms with Crippen LogP contribution in [0.3, 0.4) is 0 Å². The Kier molecular flexibility index (Phi) is 5.72. The summed E-state index contributed by atoms with van der Waals surface area (Å²) in [5.41, 5.74) is 16.4. The van der Waals surface area contributed by atoms with Crippen LogP contribution >= 0.6 is 0 Å². The van der Waals surface area contributed by atoms with Gasteiger partial charge in [0.25, 0.3) is 0 Å². The van der Waals surface area contributed by atoms with Gasteiger partial charge in [-0.25, -0.2) is 0 Å². The van der Waals surface area contributed by atoms with E-state index >= 15 is 0 Å². The number of nitrogens with two attached hydrogens (primary N) is 2. The minimum absolute atomic E-state index is 0.0860. The SMILES string of the molecule is CN1NC(N)=CC(CCC(=O)O)C2=C1C=C(C(=O)c1ccc(C(=N)N)cc1)CC2=O. The summed E-state index contributed by atoms with van der Waals surface area (Å²) in [6.45, 7) is 0. The van der Waals surface area contributed by atoms with Crippen LogP contribution in [0, 0.1) is 11.3 Å². The lowest BCUT2D eigenvalue weighted by Gasteiger charge is -2.27. The summed E-state index contributed by atoms with van der Waals surface area (Å²) in [4.78, 5) is 37.0. The number of ketones is 2. The number of carbonyl (C=O) groups excluding carboxylic acids is 2. The molecule has 7 N–H and O–H groups in total. The lowest BCUT2D eigenvalue weighted by atomic mass is 9.82. The molecule has 1 aliphatic carbocycles. The molecule has 2 aliphatic rings. The third-order valence-corrected chi connectivity index (χ3v) is 5.07. The topological polar surface area (TPSA) is 163 Å². The van der Waals surface area contributed by atoms with Crippen molar-refractivity contribution < 1.29 is 19.5 Å². The van der Waals surface area contributed by atoms with E-state index in [4.69, 9.17) is 22.0 Å². The van der Waals surface area contributed by atoms with Gasteiger partial charge < -0.3 is 16.6 Å². The van der Waals surface area contributed by atoms with Crippen molar-refractivity contribution in [2.75, 3.05) is 7.05 Å². The molecule has 1 unspecified atom stereocenters. The van der Waals surface area contributed by atoms with E-state index in [1.807, 2.05) is 0 Å². The van der Waals surface area contributed by atoms with Crippen LogP contribution in [0.1, 0.15) is 35.2 Å². The van der Waals surface area contributed by atoms with Crippen molar-refractivity contribution in [1.29, 1.82) is 5.41 Å². The zero-order valence-corrected chi connectivity index (χ0v) is 16.4. The van der Waals surface area contributed by atoms with Gasteiger partial charge in [-0.05, 0) is 18.6 Å². The Morgan fingerprint density at radius 1 is 1.27 bits per heavy atom. The van der Waals surface area contributed by atoms with E-state index in [-0.39, 0.29) is 36.7 Å². The number of allylic oxidation sites excluding steroid dienone is 4. The number of nitrogens with one attached hydrogen (secondary N) is 2. The number of likely N-dealkylation sites (N-methyl/N-ethyl adjacent to an activating group) is 1. The minimum atomic E-state index is -0.960. The Hall–Kier alpha value is -3.88. The molecule has 1 aromatic rings. The number of Topliss-reactive ketones (excluding diaryl/α,β-unsaturated/α-hetero) is 2. The van der Waals surface area contributed by atoms with E-state index in [1.165, 1.54) is 0 Å². The smallest absolute Gasteiger partial charge is 0.303 e. The maximum atomic E-state index is 13.0. The van der Waals surface area contributed by atoms with Crippen molar-refractivity contribution in [3.8, 4) is 0 Å². The van der Waals surface area contributed by atoms with Gasteiger partial charge in [0, 0.05) is 48.1 Å². The van der Waals surface area contributed by atoms with Gasteiger partial charge in [0.1, 0.15) is 11.7 Å². The van der Waals surface area contributed by atoms with Crippen molar-refractivity contribution in [2.45, 2.75) is 19.3 Å². The largest absolute Gasteiger partial charge is 0.481 e. The first kappa shape index (κ1) is 20.8. The molecule has 0 fully saturated rings. The Morgan fingerprint density at radius 2 is 1.90 bits per heavy atom. The van der Waals surface area contributed by atoms with Crippen molar-refractivity contribution in [1.82, 2.24) is 10.4 Å². The highest BCUT2D eigenvalue weighted by Crippen LogP contribution is 2.34. The molecule has 0 radical (unpaired) electrons. The molecule has 0 aromatic heterocycles. The first-order chi connectivity index (χ1) is 14.2. The van der Waals surface area contributed by atoms with Crippen molar-refractivity contribution in [2.24, 2.45) is 17.4 Å². The number of nitrogen functional groups attached to an aromatic ring is 1. The van der Waals surface area contributed by atoms with Crippen LogP contribution in [-0.4, -0.2) is 40.5 Å². The summed E-state index contributed by atoms with van der Waals surface area (Å²) in [7, 11) is 1.68. The summed E-state index contributed by atoms with van der Waals surface area (Å²) in [6, 6.07) is 6.30. The summed E-state index contributed by atoms with van der Waals surface area (Å²) >= 11 is 0. The normalized spacial score (nSPS) is 18.6. The molecule has 0 amide bonds. The van der Waals surface area contributed by atoms with E-state index in [0.717, 1.165) is 0 Å². The molecule has 1 atom stereocenters. The van der Waals surface area contributed by atoms with Crippen molar-refractivity contribution in [3.05, 3.63) is 70.2 Å². The summed E-state index contributed by atoms with van der Waals surface area (Å²) in [6.07, 6.45) is 3.31. The second-order valence-electron chi connectivity index (χ2n) is 7.22. The molecule has 0 saturated carbocycles. The van der Waals surface area contributed by atoms with Gasteiger partial charge in [0.15, 0.2) is 11.6 Å². The average molecular weight is 409 g/mol. The number of carbonyl (C=O) groups is 3. The van der Waals surface area contributed by atoms with E-state index in [9.17, 15) is 14.4 Å². The monoisotopic (exact) mass is 409 g/mol. The quantitative estimate of drug-likeness (QED) is 0.264. The van der Waals surface area contributed by atoms with Crippen LogP contribution in [0.5, 0.6) is 0 Å². The number of hydrogen-bond acceptors (Lipinski definition) is 7. The number of hydrazine groups is 1. The maximum absolute atomic E-state index is 13.0. The van der Waals surface area contributed by atoms with E-state index < -0.39 is 11.9 Å². The Labute approximate surface area is 173 Å². The maximum Gasteiger partial charge on any atom is 0.303 e. The molecule has 156 valence electrons. The molecular formula is C21H23N5O4. The molecule has 9 nitrogen and oxygen atoms in total. The van der Waals surface area contributed by atoms with Crippen LogP contribution in [0.15, 0.2) is 59.1 Å². The number of hydrogen-bond donors (Lipinski definition) is 5. The fourth-order valence-corrected chi connectivity index (χ4v) is 3.61. The summed E-state index contributed by atoms with van der Waals surface area (Å²) < 4.78 is 0. The minimum Gasteiger partial charge on any atom is -0.481 e. The van der Waals surface area contributed by atoms with E-state index in [2.05, 4.69) is 5.43 Å². The Bertz CT molecular complexity index is 1020. The number of nitrogens with zero attached hydrogens (tertiary/aromatic N) is 1. The molecule has 0 bridgehead atoms. The van der Waals surface area contributed by atoms with Crippen molar-refractivity contribution in [3.63, 3.8) is 0 Å². The lowest BCUT2D eigenvalue weighted by molar-refractivity contribution is -0.137. The van der Waals surface area contributed by atoms with Gasteiger partial charge in [-0.2, -0.15) is 0 Å². The van der Waals surface area contributed by atoms with Crippen LogP contribution in [-0.2, 0) is 9.59 Å². The number of aliphatic carboxylic acids is 1. The zero-order valence-electron chi connectivity index (χ0n) is 16.4. The van der Waals surface area contributed by atoms with Crippen LogP contribution in [0.4, 0.5) is 0 Å². The molecule has 0 spiro atoms. The first-order valence-electron chi connectivity index (χ1n) is 9.34. The molecule has 3 rings (SSSR count). The third-order valence-electron chi connectivity index (χ3n) is 5.07. The molecule has 9 heteroatoms. The lowest BCUT2D eigenvalue weighted by Crippen LogP contribution is -2.36. The van der Waals surface area contributed by atoms with Gasteiger partial charge >= 0.3 is 5.97 Å². The fraction of sp³-hybridized carbons (Fsp3) is 0.238. The zero-order chi connectivity index (χ0) is 22.0. The predicted molar refractivity (Wildman–Crippen MR) is 110 cm³/mol. The van der Waals surface area contributed by atoms with Crippen LogP contribution < -0.4 is 16.9 Å². The molecule has 30 heavy (non-hydrogen) atoms. The van der Waals surface area contributed by atoms with Gasteiger partial charge in [-0.1, -0.05) is 24.3 Å². The van der Waals surface area contributed by atoms with E-state index in [0.29, 0.717) is 33.8 Å². The number of amidine groups is 1. The van der Waals surface area contributed by atoms with Crippen LogP contribution in [0.25, 0.3) is 0 Å². The predicted octanol–water partition coefficient (Wildman–Crippen LogP) is 1.04. The number of benzene rings is 1. The van der Waals surface area contributed by atoms with Gasteiger partial charge in [0.05, 0.1) is 5.70 Å². The van der Waals surface area contributed by atoms with E-state index in [1.54, 1.807) is 48.5 Å². The van der Waals surface area contributed by atoms with Gasteiger partial charge in [-0.15, -0.1) is 0 Å².